The van der Waals surface area contributed by atoms with Crippen LogP contribution in [0.15, 0.2) is 40.0 Å². The van der Waals surface area contributed by atoms with Crippen LogP contribution in [-0.2, 0) is 6.54 Å². The summed E-state index contributed by atoms with van der Waals surface area (Å²) in [6.45, 7) is 3.52. The van der Waals surface area contributed by atoms with E-state index in [9.17, 15) is 9.59 Å². The van der Waals surface area contributed by atoms with Crippen LogP contribution in [-0.4, -0.2) is 21.6 Å². The fraction of sp³-hybridized carbons (Fsp3) is 0.267. The third kappa shape index (κ3) is 3.17. The van der Waals surface area contributed by atoms with Crippen molar-refractivity contribution in [1.29, 1.82) is 0 Å². The number of Topliss-reactive ketones (excluding diaryl/α,β-unsaturated/α-hetero) is 1. The van der Waals surface area contributed by atoms with Crippen LogP contribution in [0.25, 0.3) is 0 Å². The number of ketones is 1. The number of nitrogens with zero attached hydrogens (tertiary/aromatic N) is 2. The fourth-order valence-electron chi connectivity index (χ4n) is 1.97. The van der Waals surface area contributed by atoms with E-state index in [0.29, 0.717) is 17.1 Å². The first-order valence-electron chi connectivity index (χ1n) is 6.23. The molecule has 0 amide bonds. The molecule has 104 valence electrons. The van der Waals surface area contributed by atoms with Crippen LogP contribution in [0.2, 0.25) is 0 Å². The molecule has 0 N–H and O–H groups in total. The van der Waals surface area contributed by atoms with Crippen LogP contribution in [0.3, 0.4) is 0 Å². The number of aromatic nitrogens is 2. The first-order valence-corrected chi connectivity index (χ1v) is 7.46. The van der Waals surface area contributed by atoms with Crippen molar-refractivity contribution in [2.24, 2.45) is 0 Å². The summed E-state index contributed by atoms with van der Waals surface area (Å²) in [5.41, 5.74) is 1.08. The molecule has 0 fully saturated rings. The molecule has 5 heteroatoms. The van der Waals surface area contributed by atoms with E-state index < -0.39 is 0 Å². The summed E-state index contributed by atoms with van der Waals surface area (Å²) in [4.78, 5) is 29.4. The largest absolute Gasteiger partial charge is 0.292 e. The lowest BCUT2D eigenvalue weighted by Crippen LogP contribution is -2.27. The van der Waals surface area contributed by atoms with Crippen molar-refractivity contribution < 1.29 is 4.79 Å². The van der Waals surface area contributed by atoms with Gasteiger partial charge >= 0.3 is 0 Å². The highest BCUT2D eigenvalue weighted by molar-refractivity contribution is 7.98. The third-order valence-electron chi connectivity index (χ3n) is 3.04. The Bertz CT molecular complexity index is 690. The van der Waals surface area contributed by atoms with Crippen LogP contribution in [0.4, 0.5) is 0 Å². The van der Waals surface area contributed by atoms with Gasteiger partial charge in [-0.05, 0) is 32.2 Å². The molecule has 1 heterocycles. The molecule has 0 aliphatic heterocycles. The Hall–Kier alpha value is -1.88. The van der Waals surface area contributed by atoms with Gasteiger partial charge in [0.05, 0.1) is 6.54 Å². The van der Waals surface area contributed by atoms with Crippen molar-refractivity contribution in [3.05, 3.63) is 57.8 Å². The molecular formula is C15H16N2O2S. The topological polar surface area (TPSA) is 52.0 Å². The standard InChI is InChI=1S/C15H16N2O2S/c1-10-8-15(19)17(11(2)16-10)9-14(18)12-4-6-13(20-3)7-5-12/h4-8H,9H2,1-3H3. The zero-order valence-corrected chi connectivity index (χ0v) is 12.5. The number of aryl methyl sites for hydroxylation is 2. The molecule has 0 spiro atoms. The van der Waals surface area contributed by atoms with Crippen LogP contribution < -0.4 is 5.56 Å². The molecule has 0 saturated heterocycles. The number of carbonyl (C=O) groups is 1. The normalized spacial score (nSPS) is 10.6. The van der Waals surface area contributed by atoms with E-state index in [0.717, 1.165) is 4.90 Å². The molecule has 20 heavy (non-hydrogen) atoms. The average molecular weight is 288 g/mol. The molecule has 1 aromatic heterocycles. The quantitative estimate of drug-likeness (QED) is 0.640. The summed E-state index contributed by atoms with van der Waals surface area (Å²) in [7, 11) is 0. The lowest BCUT2D eigenvalue weighted by Gasteiger charge is -2.09. The molecule has 0 saturated carbocycles. The Balaban J connectivity index is 2.25. The van der Waals surface area contributed by atoms with Gasteiger partial charge in [0.15, 0.2) is 5.78 Å². The van der Waals surface area contributed by atoms with Gasteiger partial charge in [-0.15, -0.1) is 11.8 Å². The van der Waals surface area contributed by atoms with Crippen molar-refractivity contribution in [3.8, 4) is 0 Å². The predicted molar refractivity (Wildman–Crippen MR) is 80.5 cm³/mol. The second-order valence-electron chi connectivity index (χ2n) is 4.52. The molecule has 0 unspecified atom stereocenters. The van der Waals surface area contributed by atoms with Crippen molar-refractivity contribution in [2.75, 3.05) is 6.26 Å². The molecule has 4 nitrogen and oxygen atoms in total. The van der Waals surface area contributed by atoms with E-state index in [1.165, 1.54) is 10.6 Å². The Morgan fingerprint density at radius 1 is 1.25 bits per heavy atom. The molecule has 2 aromatic rings. The van der Waals surface area contributed by atoms with Crippen LogP contribution in [0.1, 0.15) is 21.9 Å². The number of rotatable bonds is 4. The number of benzene rings is 1. The minimum atomic E-state index is -0.191. The van der Waals surface area contributed by atoms with E-state index in [1.54, 1.807) is 37.7 Å². The van der Waals surface area contributed by atoms with E-state index in [4.69, 9.17) is 0 Å². The molecule has 1 aromatic carbocycles. The minimum Gasteiger partial charge on any atom is -0.292 e. The first-order chi connectivity index (χ1) is 9.51. The van der Waals surface area contributed by atoms with Gasteiger partial charge in [0, 0.05) is 22.2 Å². The molecular weight excluding hydrogens is 272 g/mol. The minimum absolute atomic E-state index is 0.0244. The SMILES string of the molecule is CSc1ccc(C(=O)Cn2c(C)nc(C)cc2=O)cc1. The van der Waals surface area contributed by atoms with E-state index >= 15 is 0 Å². The number of thioether (sulfide) groups is 1. The van der Waals surface area contributed by atoms with Crippen molar-refractivity contribution >= 4 is 17.5 Å². The first kappa shape index (κ1) is 14.5. The highest BCUT2D eigenvalue weighted by Crippen LogP contribution is 2.15. The van der Waals surface area contributed by atoms with Gasteiger partial charge in [-0.25, -0.2) is 4.98 Å². The van der Waals surface area contributed by atoms with E-state index in [2.05, 4.69) is 4.98 Å². The maximum absolute atomic E-state index is 12.2. The van der Waals surface area contributed by atoms with Gasteiger partial charge in [-0.3, -0.25) is 14.2 Å². The molecule has 0 atom stereocenters. The summed E-state index contributed by atoms with van der Waals surface area (Å²) in [5, 5.41) is 0. The highest BCUT2D eigenvalue weighted by atomic mass is 32.2. The Morgan fingerprint density at radius 3 is 2.45 bits per heavy atom. The van der Waals surface area contributed by atoms with Crippen molar-refractivity contribution in [1.82, 2.24) is 9.55 Å². The Labute approximate surface area is 121 Å². The Kier molecular flexibility index (Phi) is 4.39. The lowest BCUT2D eigenvalue weighted by molar-refractivity contribution is 0.0969. The monoisotopic (exact) mass is 288 g/mol. The molecule has 2 rings (SSSR count). The molecule has 0 aliphatic rings. The van der Waals surface area contributed by atoms with E-state index in [-0.39, 0.29) is 17.9 Å². The summed E-state index contributed by atoms with van der Waals surface area (Å²) >= 11 is 1.62. The van der Waals surface area contributed by atoms with Crippen LogP contribution in [0.5, 0.6) is 0 Å². The average Bonchev–Trinajstić information content (AvgIpc) is 2.42. The lowest BCUT2D eigenvalue weighted by atomic mass is 10.1. The summed E-state index contributed by atoms with van der Waals surface area (Å²) in [6.07, 6.45) is 1.98. The van der Waals surface area contributed by atoms with E-state index in [1.807, 2.05) is 18.4 Å². The zero-order valence-electron chi connectivity index (χ0n) is 11.7. The van der Waals surface area contributed by atoms with Gasteiger partial charge < -0.3 is 0 Å². The molecule has 0 bridgehead atoms. The number of hydrogen-bond acceptors (Lipinski definition) is 4. The second kappa shape index (κ2) is 6.05. The van der Waals surface area contributed by atoms with Gasteiger partial charge in [-0.1, -0.05) is 12.1 Å². The third-order valence-corrected chi connectivity index (χ3v) is 3.78. The predicted octanol–water partition coefficient (Wildman–Crippen LogP) is 2.46. The second-order valence-corrected chi connectivity index (χ2v) is 5.40. The van der Waals surface area contributed by atoms with Crippen molar-refractivity contribution in [3.63, 3.8) is 0 Å². The van der Waals surface area contributed by atoms with Crippen LogP contribution in [0, 0.1) is 13.8 Å². The van der Waals surface area contributed by atoms with Gasteiger partial charge in [-0.2, -0.15) is 0 Å². The molecule has 0 aliphatic carbocycles. The number of carbonyl (C=O) groups excluding carboxylic acids is 1. The van der Waals surface area contributed by atoms with Crippen LogP contribution >= 0.6 is 11.8 Å². The highest BCUT2D eigenvalue weighted by Gasteiger charge is 2.10. The van der Waals surface area contributed by atoms with Crippen molar-refractivity contribution in [2.45, 2.75) is 25.3 Å². The summed E-state index contributed by atoms with van der Waals surface area (Å²) < 4.78 is 1.40. The maximum atomic E-state index is 12.2. The van der Waals surface area contributed by atoms with Gasteiger partial charge in [0.2, 0.25) is 0 Å². The zero-order chi connectivity index (χ0) is 14.7. The summed E-state index contributed by atoms with van der Waals surface area (Å²) in [6, 6.07) is 8.82. The van der Waals surface area contributed by atoms with Gasteiger partial charge in [0.25, 0.3) is 5.56 Å². The van der Waals surface area contributed by atoms with Gasteiger partial charge in [0.1, 0.15) is 5.82 Å². The maximum Gasteiger partial charge on any atom is 0.254 e. The smallest absolute Gasteiger partial charge is 0.254 e. The Morgan fingerprint density at radius 2 is 1.90 bits per heavy atom. The fourth-order valence-corrected chi connectivity index (χ4v) is 2.38. The summed E-state index contributed by atoms with van der Waals surface area (Å²) in [5.74, 6) is 0.470. The molecule has 0 radical (unpaired) electrons. The number of hydrogen-bond donors (Lipinski definition) is 0.